The molecule has 3 rings (SSSR count). The average molecular weight is 265 g/mol. The monoisotopic (exact) mass is 265 g/mol. The lowest BCUT2D eigenvalue weighted by atomic mass is 10.1. The van der Waals surface area contributed by atoms with Gasteiger partial charge in [-0.1, -0.05) is 42.5 Å². The summed E-state index contributed by atoms with van der Waals surface area (Å²) in [6.45, 7) is 2.70. The van der Waals surface area contributed by atoms with Gasteiger partial charge in [0.2, 0.25) is 0 Å². The van der Waals surface area contributed by atoms with Crippen LogP contribution in [0.3, 0.4) is 0 Å². The van der Waals surface area contributed by atoms with Crippen molar-refractivity contribution in [3.8, 4) is 0 Å². The van der Waals surface area contributed by atoms with Crippen molar-refractivity contribution >= 4 is 11.5 Å². The van der Waals surface area contributed by atoms with Crippen LogP contribution in [0.1, 0.15) is 11.1 Å². The van der Waals surface area contributed by atoms with Crippen molar-refractivity contribution in [1.82, 2.24) is 5.32 Å². The Bertz CT molecular complexity index is 605. The standard InChI is InChI=1S/C17H19N3/c1-20(13-14-7-3-2-4-8-14)16-10-6-5-9-15(16)17-18-11-12-19-17/h2-10H,11-13H2,1H3,(H,18,19). The zero-order chi connectivity index (χ0) is 13.8. The van der Waals surface area contributed by atoms with Crippen LogP contribution in [0.15, 0.2) is 59.6 Å². The number of hydrogen-bond donors (Lipinski definition) is 1. The van der Waals surface area contributed by atoms with Crippen molar-refractivity contribution < 1.29 is 0 Å². The van der Waals surface area contributed by atoms with Crippen LogP contribution in [0.5, 0.6) is 0 Å². The molecule has 0 spiro atoms. The number of amidine groups is 1. The molecule has 0 radical (unpaired) electrons. The molecule has 0 aliphatic carbocycles. The van der Waals surface area contributed by atoms with Gasteiger partial charge in [0.25, 0.3) is 0 Å². The van der Waals surface area contributed by atoms with Gasteiger partial charge in [-0.15, -0.1) is 0 Å². The molecule has 3 heteroatoms. The Kier molecular flexibility index (Phi) is 3.68. The van der Waals surface area contributed by atoms with Gasteiger partial charge in [-0.25, -0.2) is 0 Å². The molecule has 1 aliphatic heterocycles. The lowest BCUT2D eigenvalue weighted by Crippen LogP contribution is -2.24. The number of benzene rings is 2. The highest BCUT2D eigenvalue weighted by Crippen LogP contribution is 2.22. The third kappa shape index (κ3) is 2.67. The van der Waals surface area contributed by atoms with Crippen LogP contribution in [-0.2, 0) is 6.54 Å². The largest absolute Gasteiger partial charge is 0.370 e. The second-order valence-electron chi connectivity index (χ2n) is 5.02. The highest BCUT2D eigenvalue weighted by Gasteiger charge is 2.14. The van der Waals surface area contributed by atoms with E-state index < -0.39 is 0 Å². The van der Waals surface area contributed by atoms with E-state index in [0.29, 0.717) is 0 Å². The fraction of sp³-hybridized carbons (Fsp3) is 0.235. The van der Waals surface area contributed by atoms with Gasteiger partial charge in [-0.2, -0.15) is 0 Å². The van der Waals surface area contributed by atoms with E-state index in [2.05, 4.69) is 76.9 Å². The van der Waals surface area contributed by atoms with Gasteiger partial charge in [0.1, 0.15) is 5.84 Å². The zero-order valence-corrected chi connectivity index (χ0v) is 11.7. The molecule has 2 aromatic rings. The molecule has 0 aromatic heterocycles. The third-order valence-electron chi connectivity index (χ3n) is 3.51. The lowest BCUT2D eigenvalue weighted by Gasteiger charge is -2.22. The number of rotatable bonds is 4. The SMILES string of the molecule is CN(Cc1ccccc1)c1ccccc1C1=NCCN1. The van der Waals surface area contributed by atoms with Crippen LogP contribution in [0.2, 0.25) is 0 Å². The van der Waals surface area contributed by atoms with Crippen LogP contribution in [0.4, 0.5) is 5.69 Å². The molecule has 0 atom stereocenters. The minimum atomic E-state index is 0.867. The van der Waals surface area contributed by atoms with Crippen LogP contribution in [0, 0.1) is 0 Å². The van der Waals surface area contributed by atoms with Crippen molar-refractivity contribution in [3.63, 3.8) is 0 Å². The molecule has 0 saturated carbocycles. The molecule has 1 heterocycles. The number of anilines is 1. The predicted octanol–water partition coefficient (Wildman–Crippen LogP) is 2.67. The molecular weight excluding hydrogens is 246 g/mol. The molecule has 1 N–H and O–H groups in total. The Hall–Kier alpha value is -2.29. The first kappa shape index (κ1) is 12.7. The Labute approximate surface area is 120 Å². The van der Waals surface area contributed by atoms with E-state index in [-0.39, 0.29) is 0 Å². The summed E-state index contributed by atoms with van der Waals surface area (Å²) < 4.78 is 0. The maximum atomic E-state index is 4.53. The number of nitrogens with one attached hydrogen (secondary N) is 1. The number of para-hydroxylation sites is 1. The normalized spacial score (nSPS) is 13.8. The Morgan fingerprint density at radius 2 is 1.80 bits per heavy atom. The smallest absolute Gasteiger partial charge is 0.130 e. The first-order valence-electron chi connectivity index (χ1n) is 6.97. The molecule has 2 aromatic carbocycles. The van der Waals surface area contributed by atoms with E-state index >= 15 is 0 Å². The van der Waals surface area contributed by atoms with Gasteiger partial charge in [0.05, 0.1) is 6.54 Å². The van der Waals surface area contributed by atoms with Crippen molar-refractivity contribution in [2.24, 2.45) is 4.99 Å². The first-order chi connectivity index (χ1) is 9.84. The molecule has 20 heavy (non-hydrogen) atoms. The summed E-state index contributed by atoms with van der Waals surface area (Å²) in [4.78, 5) is 6.81. The van der Waals surface area contributed by atoms with Crippen molar-refractivity contribution in [2.45, 2.75) is 6.54 Å². The topological polar surface area (TPSA) is 27.6 Å². The Morgan fingerprint density at radius 3 is 2.55 bits per heavy atom. The molecule has 0 saturated heterocycles. The highest BCUT2D eigenvalue weighted by atomic mass is 15.1. The van der Waals surface area contributed by atoms with E-state index in [9.17, 15) is 0 Å². The summed E-state index contributed by atoms with van der Waals surface area (Å²) in [6.07, 6.45) is 0. The quantitative estimate of drug-likeness (QED) is 0.920. The van der Waals surface area contributed by atoms with Gasteiger partial charge < -0.3 is 10.2 Å². The predicted molar refractivity (Wildman–Crippen MR) is 84.4 cm³/mol. The fourth-order valence-electron chi connectivity index (χ4n) is 2.53. The summed E-state index contributed by atoms with van der Waals surface area (Å²) in [6, 6.07) is 19.0. The molecule has 0 bridgehead atoms. The molecule has 3 nitrogen and oxygen atoms in total. The highest BCUT2D eigenvalue weighted by molar-refractivity contribution is 6.04. The molecule has 0 unspecified atom stereocenters. The minimum Gasteiger partial charge on any atom is -0.370 e. The Morgan fingerprint density at radius 1 is 1.05 bits per heavy atom. The van der Waals surface area contributed by atoms with Crippen LogP contribution < -0.4 is 10.2 Å². The first-order valence-corrected chi connectivity index (χ1v) is 6.97. The molecule has 1 aliphatic rings. The molecule has 102 valence electrons. The van der Waals surface area contributed by atoms with Gasteiger partial charge in [-0.05, 0) is 17.7 Å². The molecule has 0 amide bonds. The van der Waals surface area contributed by atoms with Crippen LogP contribution in [0.25, 0.3) is 0 Å². The summed E-state index contributed by atoms with van der Waals surface area (Å²) in [5.74, 6) is 1.01. The fourth-order valence-corrected chi connectivity index (χ4v) is 2.53. The van der Waals surface area contributed by atoms with Crippen LogP contribution in [-0.4, -0.2) is 26.0 Å². The number of aliphatic imine (C=N–C) groups is 1. The van der Waals surface area contributed by atoms with Crippen molar-refractivity contribution in [1.29, 1.82) is 0 Å². The summed E-state index contributed by atoms with van der Waals surface area (Å²) >= 11 is 0. The summed E-state index contributed by atoms with van der Waals surface area (Å²) in [5.41, 5.74) is 3.71. The number of nitrogens with zero attached hydrogens (tertiary/aromatic N) is 2. The maximum absolute atomic E-state index is 4.53. The number of hydrogen-bond acceptors (Lipinski definition) is 3. The van der Waals surface area contributed by atoms with E-state index in [4.69, 9.17) is 0 Å². The molecular formula is C17H19N3. The van der Waals surface area contributed by atoms with Crippen molar-refractivity contribution in [2.75, 3.05) is 25.0 Å². The second kappa shape index (κ2) is 5.78. The third-order valence-corrected chi connectivity index (χ3v) is 3.51. The van der Waals surface area contributed by atoms with E-state index in [1.807, 2.05) is 0 Å². The van der Waals surface area contributed by atoms with E-state index in [0.717, 1.165) is 25.5 Å². The second-order valence-corrected chi connectivity index (χ2v) is 5.02. The van der Waals surface area contributed by atoms with Gasteiger partial charge >= 0.3 is 0 Å². The van der Waals surface area contributed by atoms with E-state index in [1.165, 1.54) is 16.8 Å². The zero-order valence-electron chi connectivity index (χ0n) is 11.7. The minimum absolute atomic E-state index is 0.867. The van der Waals surface area contributed by atoms with E-state index in [1.54, 1.807) is 0 Å². The summed E-state index contributed by atoms with van der Waals surface area (Å²) in [5, 5.41) is 3.36. The van der Waals surface area contributed by atoms with Gasteiger partial charge in [-0.3, -0.25) is 4.99 Å². The van der Waals surface area contributed by atoms with Gasteiger partial charge in [0.15, 0.2) is 0 Å². The molecule has 0 fully saturated rings. The van der Waals surface area contributed by atoms with Gasteiger partial charge in [0, 0.05) is 31.4 Å². The Balaban J connectivity index is 1.86. The maximum Gasteiger partial charge on any atom is 0.130 e. The van der Waals surface area contributed by atoms with Crippen molar-refractivity contribution in [3.05, 3.63) is 65.7 Å². The van der Waals surface area contributed by atoms with Crippen LogP contribution >= 0.6 is 0 Å². The summed E-state index contributed by atoms with van der Waals surface area (Å²) in [7, 11) is 2.13. The lowest BCUT2D eigenvalue weighted by molar-refractivity contribution is 0.919. The average Bonchev–Trinajstić information content (AvgIpc) is 3.02.